The molecule has 0 aliphatic rings. The molecule has 0 unspecified atom stereocenters. The molecule has 0 fully saturated rings. The molecule has 0 aliphatic carbocycles. The second-order valence-electron chi connectivity index (χ2n) is 2.51. The van der Waals surface area contributed by atoms with Crippen molar-refractivity contribution < 1.29 is 14.4 Å². The van der Waals surface area contributed by atoms with Gasteiger partial charge in [-0.3, -0.25) is 19.8 Å². The third-order valence-electron chi connectivity index (χ3n) is 1.32. The summed E-state index contributed by atoms with van der Waals surface area (Å²) < 4.78 is 0. The highest BCUT2D eigenvalue weighted by atomic mass is 16.2. The Morgan fingerprint density at radius 2 is 1.79 bits per heavy atom. The van der Waals surface area contributed by atoms with Crippen molar-refractivity contribution in [2.45, 2.75) is 13.3 Å². The number of nitrogens with one attached hydrogen (secondary N) is 3. The van der Waals surface area contributed by atoms with Crippen molar-refractivity contribution in [1.82, 2.24) is 16.1 Å². The van der Waals surface area contributed by atoms with E-state index in [9.17, 15) is 14.4 Å². The number of hydrazine groups is 1. The summed E-state index contributed by atoms with van der Waals surface area (Å²) in [4.78, 5) is 32.3. The van der Waals surface area contributed by atoms with Crippen molar-refractivity contribution in [3.63, 3.8) is 0 Å². The highest BCUT2D eigenvalue weighted by Crippen LogP contribution is 1.71. The van der Waals surface area contributed by atoms with Gasteiger partial charge >= 0.3 is 11.8 Å². The molecular formula is C7H14N4O3. The monoisotopic (exact) mass is 202 g/mol. The first-order valence-electron chi connectivity index (χ1n) is 4.17. The maximum Gasteiger partial charge on any atom is 0.323 e. The molecule has 14 heavy (non-hydrogen) atoms. The van der Waals surface area contributed by atoms with Crippen LogP contribution in [-0.4, -0.2) is 30.8 Å². The van der Waals surface area contributed by atoms with Gasteiger partial charge < -0.3 is 10.6 Å². The van der Waals surface area contributed by atoms with Gasteiger partial charge in [0.2, 0.25) is 5.91 Å². The van der Waals surface area contributed by atoms with Gasteiger partial charge in [0.1, 0.15) is 0 Å². The molecule has 7 heteroatoms. The number of hydrogen-bond acceptors (Lipinski definition) is 4. The predicted molar refractivity (Wildman–Crippen MR) is 48.6 cm³/mol. The van der Waals surface area contributed by atoms with Crippen LogP contribution in [0.3, 0.4) is 0 Å². The van der Waals surface area contributed by atoms with Gasteiger partial charge in [0.05, 0.1) is 6.54 Å². The largest absolute Gasteiger partial charge is 0.355 e. The molecule has 7 nitrogen and oxygen atoms in total. The van der Waals surface area contributed by atoms with Crippen LogP contribution in [0.2, 0.25) is 0 Å². The van der Waals surface area contributed by atoms with E-state index in [4.69, 9.17) is 5.84 Å². The van der Waals surface area contributed by atoms with Gasteiger partial charge in [0.25, 0.3) is 0 Å². The zero-order valence-electron chi connectivity index (χ0n) is 7.92. The summed E-state index contributed by atoms with van der Waals surface area (Å²) in [6.07, 6.45) is 0.809. The number of carbonyl (C=O) groups excluding carboxylic acids is 3. The Hall–Kier alpha value is -1.63. The van der Waals surface area contributed by atoms with Gasteiger partial charge in [0.15, 0.2) is 0 Å². The molecule has 0 aromatic heterocycles. The van der Waals surface area contributed by atoms with Crippen LogP contribution >= 0.6 is 0 Å². The fourth-order valence-corrected chi connectivity index (χ4v) is 0.633. The van der Waals surface area contributed by atoms with Crippen molar-refractivity contribution >= 4 is 17.7 Å². The van der Waals surface area contributed by atoms with Crippen molar-refractivity contribution in [1.29, 1.82) is 0 Å². The molecule has 0 saturated carbocycles. The lowest BCUT2D eigenvalue weighted by Gasteiger charge is -2.04. The lowest BCUT2D eigenvalue weighted by molar-refractivity contribution is -0.139. The van der Waals surface area contributed by atoms with E-state index in [0.29, 0.717) is 6.54 Å². The topological polar surface area (TPSA) is 113 Å². The van der Waals surface area contributed by atoms with E-state index in [1.807, 2.05) is 6.92 Å². The van der Waals surface area contributed by atoms with Crippen LogP contribution in [0, 0.1) is 0 Å². The van der Waals surface area contributed by atoms with Crippen LogP contribution in [0.15, 0.2) is 0 Å². The molecule has 0 bridgehead atoms. The summed E-state index contributed by atoms with van der Waals surface area (Å²) in [5.41, 5.74) is 1.65. The average Bonchev–Trinajstić information content (AvgIpc) is 2.21. The van der Waals surface area contributed by atoms with Crippen molar-refractivity contribution in [2.24, 2.45) is 5.84 Å². The highest BCUT2D eigenvalue weighted by Gasteiger charge is 2.11. The number of carbonyl (C=O) groups is 3. The van der Waals surface area contributed by atoms with Crippen molar-refractivity contribution in [3.8, 4) is 0 Å². The molecule has 0 aromatic rings. The molecule has 3 amide bonds. The number of hydrogen-bond donors (Lipinski definition) is 4. The summed E-state index contributed by atoms with van der Waals surface area (Å²) in [5, 5.41) is 4.63. The Morgan fingerprint density at radius 1 is 1.14 bits per heavy atom. The Balaban J connectivity index is 3.66. The van der Waals surface area contributed by atoms with Crippen LogP contribution in [0.1, 0.15) is 13.3 Å². The first kappa shape index (κ1) is 12.4. The second kappa shape index (κ2) is 6.84. The molecular weight excluding hydrogens is 188 g/mol. The number of rotatable bonds is 4. The lowest BCUT2D eigenvalue weighted by atomic mass is 10.4. The number of nitrogens with two attached hydrogens (primary N) is 1. The standard InChI is InChI=1S/C7H14N4O3/c1-2-3-9-5(12)4-10-6(13)7(14)11-8/h2-4,8H2,1H3,(H,9,12)(H,10,13)(H,11,14). The van der Waals surface area contributed by atoms with E-state index in [0.717, 1.165) is 6.42 Å². The summed E-state index contributed by atoms with van der Waals surface area (Å²) in [6.45, 7) is 2.21. The highest BCUT2D eigenvalue weighted by molar-refractivity contribution is 6.35. The van der Waals surface area contributed by atoms with E-state index in [1.165, 1.54) is 0 Å². The summed E-state index contributed by atoms with van der Waals surface area (Å²) in [7, 11) is 0. The minimum Gasteiger partial charge on any atom is -0.355 e. The zero-order valence-corrected chi connectivity index (χ0v) is 7.92. The maximum atomic E-state index is 10.9. The molecule has 0 atom stereocenters. The molecule has 80 valence electrons. The van der Waals surface area contributed by atoms with Crippen molar-refractivity contribution in [2.75, 3.05) is 13.1 Å². The zero-order chi connectivity index (χ0) is 11.0. The summed E-state index contributed by atoms with van der Waals surface area (Å²) in [6, 6.07) is 0. The van der Waals surface area contributed by atoms with Gasteiger partial charge in [-0.2, -0.15) is 0 Å². The van der Waals surface area contributed by atoms with Gasteiger partial charge in [0, 0.05) is 6.54 Å². The fourth-order valence-electron chi connectivity index (χ4n) is 0.633. The molecule has 0 aliphatic heterocycles. The number of amides is 3. The third kappa shape index (κ3) is 5.09. The molecule has 0 saturated heterocycles. The predicted octanol–water partition coefficient (Wildman–Crippen LogP) is -2.38. The minimum atomic E-state index is -0.978. The maximum absolute atomic E-state index is 10.9. The second-order valence-corrected chi connectivity index (χ2v) is 2.51. The van der Waals surface area contributed by atoms with E-state index < -0.39 is 11.8 Å². The quantitative estimate of drug-likeness (QED) is 0.176. The van der Waals surface area contributed by atoms with Crippen LogP contribution in [0.5, 0.6) is 0 Å². The molecule has 0 spiro atoms. The third-order valence-corrected chi connectivity index (χ3v) is 1.32. The van der Waals surface area contributed by atoms with Gasteiger partial charge in [-0.05, 0) is 6.42 Å². The van der Waals surface area contributed by atoms with Gasteiger partial charge in [-0.15, -0.1) is 0 Å². The van der Waals surface area contributed by atoms with Crippen molar-refractivity contribution in [3.05, 3.63) is 0 Å². The Morgan fingerprint density at radius 3 is 2.29 bits per heavy atom. The Labute approximate surface area is 81.4 Å². The average molecular weight is 202 g/mol. The van der Waals surface area contributed by atoms with E-state index in [2.05, 4.69) is 10.6 Å². The van der Waals surface area contributed by atoms with E-state index >= 15 is 0 Å². The normalized spacial score (nSPS) is 9.00. The first-order valence-corrected chi connectivity index (χ1v) is 4.17. The van der Waals surface area contributed by atoms with Crippen LogP contribution in [-0.2, 0) is 14.4 Å². The SMILES string of the molecule is CCCNC(=O)CNC(=O)C(=O)NN. The van der Waals surface area contributed by atoms with Gasteiger partial charge in [-0.1, -0.05) is 6.92 Å². The first-order chi connectivity index (χ1) is 6.61. The Kier molecular flexibility index (Phi) is 6.04. The fraction of sp³-hybridized carbons (Fsp3) is 0.571. The summed E-state index contributed by atoms with van der Waals surface area (Å²) >= 11 is 0. The molecule has 0 aromatic carbocycles. The van der Waals surface area contributed by atoms with Crippen LogP contribution < -0.4 is 21.9 Å². The van der Waals surface area contributed by atoms with Crippen LogP contribution in [0.4, 0.5) is 0 Å². The summed E-state index contributed by atoms with van der Waals surface area (Å²) in [5.74, 6) is 2.45. The van der Waals surface area contributed by atoms with Crippen LogP contribution in [0.25, 0.3) is 0 Å². The molecule has 0 heterocycles. The van der Waals surface area contributed by atoms with E-state index in [1.54, 1.807) is 5.43 Å². The molecule has 0 radical (unpaired) electrons. The Bertz CT molecular complexity index is 229. The molecule has 0 rings (SSSR count). The minimum absolute atomic E-state index is 0.230. The smallest absolute Gasteiger partial charge is 0.323 e. The van der Waals surface area contributed by atoms with Gasteiger partial charge in [-0.25, -0.2) is 5.84 Å². The van der Waals surface area contributed by atoms with E-state index in [-0.39, 0.29) is 12.5 Å². The molecule has 5 N–H and O–H groups in total. The lowest BCUT2D eigenvalue weighted by Crippen LogP contribution is -2.46.